The van der Waals surface area contributed by atoms with E-state index in [1.54, 1.807) is 11.3 Å². The number of rotatable bonds is 4. The van der Waals surface area contributed by atoms with Gasteiger partial charge in [-0.2, -0.15) is 0 Å². The van der Waals surface area contributed by atoms with Gasteiger partial charge in [0.2, 0.25) is 0 Å². The fraction of sp³-hybridized carbons (Fsp3) is 0.167. The number of aliphatic hydroxyl groups is 1. The van der Waals surface area contributed by atoms with Crippen molar-refractivity contribution in [3.63, 3.8) is 0 Å². The number of anilines is 1. The fourth-order valence-electron chi connectivity index (χ4n) is 1.42. The molecule has 0 aliphatic carbocycles. The van der Waals surface area contributed by atoms with Crippen LogP contribution < -0.4 is 5.32 Å². The SMILES string of the molecule is OCc1cccc(NCc2cc(Br)cs2)c1. The van der Waals surface area contributed by atoms with Gasteiger partial charge in [0.1, 0.15) is 0 Å². The lowest BCUT2D eigenvalue weighted by atomic mass is 10.2. The molecule has 2 nitrogen and oxygen atoms in total. The molecule has 0 saturated heterocycles. The van der Waals surface area contributed by atoms with E-state index < -0.39 is 0 Å². The number of hydrogen-bond donors (Lipinski definition) is 2. The van der Waals surface area contributed by atoms with Gasteiger partial charge in [0.25, 0.3) is 0 Å². The van der Waals surface area contributed by atoms with E-state index in [-0.39, 0.29) is 6.61 Å². The number of hydrogen-bond acceptors (Lipinski definition) is 3. The monoisotopic (exact) mass is 297 g/mol. The molecule has 16 heavy (non-hydrogen) atoms. The zero-order chi connectivity index (χ0) is 11.4. The van der Waals surface area contributed by atoms with Crippen molar-refractivity contribution in [1.82, 2.24) is 0 Å². The quantitative estimate of drug-likeness (QED) is 0.903. The van der Waals surface area contributed by atoms with Gasteiger partial charge in [-0.15, -0.1) is 11.3 Å². The van der Waals surface area contributed by atoms with Crippen molar-refractivity contribution in [2.75, 3.05) is 5.32 Å². The van der Waals surface area contributed by atoms with E-state index in [1.807, 2.05) is 24.3 Å². The van der Waals surface area contributed by atoms with Crippen LogP contribution in [0.25, 0.3) is 0 Å². The minimum Gasteiger partial charge on any atom is -0.392 e. The molecule has 0 bridgehead atoms. The van der Waals surface area contributed by atoms with Crippen LogP contribution in [0.15, 0.2) is 40.2 Å². The Morgan fingerprint density at radius 3 is 2.88 bits per heavy atom. The van der Waals surface area contributed by atoms with Crippen LogP contribution in [0.4, 0.5) is 5.69 Å². The van der Waals surface area contributed by atoms with E-state index in [9.17, 15) is 0 Å². The summed E-state index contributed by atoms with van der Waals surface area (Å²) >= 11 is 5.15. The number of thiophene rings is 1. The summed E-state index contributed by atoms with van der Waals surface area (Å²) < 4.78 is 1.12. The molecule has 0 unspecified atom stereocenters. The van der Waals surface area contributed by atoms with Gasteiger partial charge < -0.3 is 10.4 Å². The Labute approximate surface area is 107 Å². The van der Waals surface area contributed by atoms with Gasteiger partial charge in [-0.1, -0.05) is 12.1 Å². The lowest BCUT2D eigenvalue weighted by molar-refractivity contribution is 0.282. The van der Waals surface area contributed by atoms with Crippen LogP contribution in [0.2, 0.25) is 0 Å². The second-order valence-corrected chi connectivity index (χ2v) is 5.35. The highest BCUT2D eigenvalue weighted by molar-refractivity contribution is 9.10. The average Bonchev–Trinajstić information content (AvgIpc) is 2.73. The maximum absolute atomic E-state index is 9.02. The maximum atomic E-state index is 9.02. The molecule has 0 saturated carbocycles. The Bertz CT molecular complexity index is 470. The molecule has 2 N–H and O–H groups in total. The van der Waals surface area contributed by atoms with E-state index in [1.165, 1.54) is 4.88 Å². The molecule has 0 radical (unpaired) electrons. The van der Waals surface area contributed by atoms with E-state index in [2.05, 4.69) is 32.7 Å². The molecule has 0 aliphatic rings. The van der Waals surface area contributed by atoms with Gasteiger partial charge in [-0.25, -0.2) is 0 Å². The summed E-state index contributed by atoms with van der Waals surface area (Å²) in [5, 5.41) is 14.4. The first-order chi connectivity index (χ1) is 7.78. The highest BCUT2D eigenvalue weighted by atomic mass is 79.9. The van der Waals surface area contributed by atoms with Crippen molar-refractivity contribution in [3.05, 3.63) is 50.6 Å². The summed E-state index contributed by atoms with van der Waals surface area (Å²) in [7, 11) is 0. The summed E-state index contributed by atoms with van der Waals surface area (Å²) in [6.45, 7) is 0.894. The van der Waals surface area contributed by atoms with Crippen molar-refractivity contribution >= 4 is 33.0 Å². The van der Waals surface area contributed by atoms with Gasteiger partial charge in [0, 0.05) is 27.0 Å². The second-order valence-electron chi connectivity index (χ2n) is 3.44. The molecule has 1 aromatic carbocycles. The second kappa shape index (κ2) is 5.48. The predicted molar refractivity (Wildman–Crippen MR) is 71.7 cm³/mol. The Hall–Kier alpha value is -0.840. The third kappa shape index (κ3) is 3.07. The fourth-order valence-corrected chi connectivity index (χ4v) is 2.81. The van der Waals surface area contributed by atoms with Crippen molar-refractivity contribution in [2.45, 2.75) is 13.2 Å². The van der Waals surface area contributed by atoms with Gasteiger partial charge in [-0.3, -0.25) is 0 Å². The molecule has 0 fully saturated rings. The standard InChI is InChI=1S/C12H12BrNOS/c13-10-5-12(16-8-10)6-14-11-3-1-2-9(4-11)7-15/h1-5,8,14-15H,6-7H2. The topological polar surface area (TPSA) is 32.3 Å². The van der Waals surface area contributed by atoms with Crippen LogP contribution in [0, 0.1) is 0 Å². The van der Waals surface area contributed by atoms with Crippen LogP contribution in [-0.4, -0.2) is 5.11 Å². The average molecular weight is 298 g/mol. The molecule has 0 spiro atoms. The molecule has 4 heteroatoms. The molecule has 0 amide bonds. The van der Waals surface area contributed by atoms with E-state index >= 15 is 0 Å². The third-order valence-corrected chi connectivity index (χ3v) is 3.90. The lowest BCUT2D eigenvalue weighted by Gasteiger charge is -2.05. The van der Waals surface area contributed by atoms with E-state index in [4.69, 9.17) is 5.11 Å². The van der Waals surface area contributed by atoms with Gasteiger partial charge in [-0.05, 0) is 39.7 Å². The van der Waals surface area contributed by atoms with Crippen LogP contribution in [0.5, 0.6) is 0 Å². The number of halogens is 1. The minimum atomic E-state index is 0.0834. The van der Waals surface area contributed by atoms with E-state index in [0.29, 0.717) is 0 Å². The number of aliphatic hydroxyl groups excluding tert-OH is 1. The lowest BCUT2D eigenvalue weighted by Crippen LogP contribution is -1.97. The molecule has 2 aromatic rings. The molecule has 1 aromatic heterocycles. The number of benzene rings is 1. The van der Waals surface area contributed by atoms with Crippen molar-refractivity contribution in [2.24, 2.45) is 0 Å². The zero-order valence-electron chi connectivity index (χ0n) is 8.61. The summed E-state index contributed by atoms with van der Waals surface area (Å²) in [5.74, 6) is 0. The van der Waals surface area contributed by atoms with E-state index in [0.717, 1.165) is 22.3 Å². The Kier molecular flexibility index (Phi) is 3.98. The zero-order valence-corrected chi connectivity index (χ0v) is 11.0. The molecule has 1 heterocycles. The summed E-state index contributed by atoms with van der Waals surface area (Å²) in [5.41, 5.74) is 1.97. The summed E-state index contributed by atoms with van der Waals surface area (Å²) in [6.07, 6.45) is 0. The summed E-state index contributed by atoms with van der Waals surface area (Å²) in [4.78, 5) is 1.28. The van der Waals surface area contributed by atoms with Crippen LogP contribution >= 0.6 is 27.3 Å². The number of nitrogens with one attached hydrogen (secondary N) is 1. The Balaban J connectivity index is 1.99. The molecular formula is C12H12BrNOS. The summed E-state index contributed by atoms with van der Waals surface area (Å²) in [6, 6.07) is 9.92. The highest BCUT2D eigenvalue weighted by Crippen LogP contribution is 2.21. The van der Waals surface area contributed by atoms with Gasteiger partial charge in [0.05, 0.1) is 6.61 Å². The first-order valence-corrected chi connectivity index (χ1v) is 6.62. The van der Waals surface area contributed by atoms with Gasteiger partial charge >= 0.3 is 0 Å². The van der Waals surface area contributed by atoms with Gasteiger partial charge in [0.15, 0.2) is 0 Å². The molecule has 2 rings (SSSR count). The molecule has 0 atom stereocenters. The molecule has 84 valence electrons. The van der Waals surface area contributed by atoms with Crippen LogP contribution in [0.3, 0.4) is 0 Å². The Morgan fingerprint density at radius 1 is 1.31 bits per heavy atom. The first kappa shape index (κ1) is 11.6. The van der Waals surface area contributed by atoms with Crippen molar-refractivity contribution in [3.8, 4) is 0 Å². The van der Waals surface area contributed by atoms with Crippen LogP contribution in [-0.2, 0) is 13.2 Å². The predicted octanol–water partition coefficient (Wildman–Crippen LogP) is 3.62. The maximum Gasteiger partial charge on any atom is 0.0682 e. The first-order valence-electron chi connectivity index (χ1n) is 4.94. The smallest absolute Gasteiger partial charge is 0.0682 e. The van der Waals surface area contributed by atoms with Crippen LogP contribution in [0.1, 0.15) is 10.4 Å². The largest absolute Gasteiger partial charge is 0.392 e. The van der Waals surface area contributed by atoms with Crippen molar-refractivity contribution in [1.29, 1.82) is 0 Å². The molecule has 0 aliphatic heterocycles. The van der Waals surface area contributed by atoms with Crippen molar-refractivity contribution < 1.29 is 5.11 Å². The Morgan fingerprint density at radius 2 is 2.19 bits per heavy atom. The molecular weight excluding hydrogens is 286 g/mol. The minimum absolute atomic E-state index is 0.0834. The highest BCUT2D eigenvalue weighted by Gasteiger charge is 1.98. The normalized spacial score (nSPS) is 10.4. The third-order valence-electron chi connectivity index (χ3n) is 2.20.